The minimum absolute atomic E-state index is 0.806. The number of likely N-dealkylation sites (tertiary alicyclic amines) is 1. The quantitative estimate of drug-likeness (QED) is 0.654. The van der Waals surface area contributed by atoms with Crippen molar-refractivity contribution in [3.63, 3.8) is 0 Å². The van der Waals surface area contributed by atoms with Crippen LogP contribution in [0.2, 0.25) is 0 Å². The average molecular weight is 361 g/mol. The van der Waals surface area contributed by atoms with Crippen molar-refractivity contribution in [2.45, 2.75) is 25.8 Å². The SMILES string of the molecule is COc1ccccc1-n1cc(CN2CCC(Cc3ccccc3)CC2)cn1. The lowest BCUT2D eigenvalue weighted by molar-refractivity contribution is 0.177. The third-order valence-corrected chi connectivity index (χ3v) is 5.45. The van der Waals surface area contributed by atoms with Crippen molar-refractivity contribution in [1.29, 1.82) is 0 Å². The lowest BCUT2D eigenvalue weighted by Crippen LogP contribution is -2.33. The van der Waals surface area contributed by atoms with Gasteiger partial charge in [0.15, 0.2) is 0 Å². The van der Waals surface area contributed by atoms with Gasteiger partial charge in [0.05, 0.1) is 13.3 Å². The van der Waals surface area contributed by atoms with E-state index in [1.165, 1.54) is 30.4 Å². The predicted molar refractivity (Wildman–Crippen MR) is 108 cm³/mol. The molecule has 2 aromatic carbocycles. The van der Waals surface area contributed by atoms with Crippen molar-refractivity contribution < 1.29 is 4.74 Å². The van der Waals surface area contributed by atoms with Gasteiger partial charge in [0.1, 0.15) is 11.4 Å². The monoisotopic (exact) mass is 361 g/mol. The van der Waals surface area contributed by atoms with E-state index in [4.69, 9.17) is 4.74 Å². The fourth-order valence-electron chi connectivity index (χ4n) is 3.95. The van der Waals surface area contributed by atoms with Crippen LogP contribution in [0.5, 0.6) is 5.75 Å². The Morgan fingerprint density at radius 2 is 1.70 bits per heavy atom. The number of ether oxygens (including phenoxy) is 1. The minimum atomic E-state index is 0.806. The highest BCUT2D eigenvalue weighted by Crippen LogP contribution is 2.24. The maximum Gasteiger partial charge on any atom is 0.144 e. The number of para-hydroxylation sites is 2. The van der Waals surface area contributed by atoms with E-state index in [-0.39, 0.29) is 0 Å². The first kappa shape index (κ1) is 17.8. The number of hydrogen-bond donors (Lipinski definition) is 0. The lowest BCUT2D eigenvalue weighted by atomic mass is 9.90. The molecule has 0 saturated carbocycles. The van der Waals surface area contributed by atoms with Crippen LogP contribution in [-0.2, 0) is 13.0 Å². The molecular weight excluding hydrogens is 334 g/mol. The molecule has 1 aliphatic heterocycles. The molecule has 1 aromatic heterocycles. The van der Waals surface area contributed by atoms with Crippen LogP contribution in [0.1, 0.15) is 24.0 Å². The molecule has 0 amide bonds. The zero-order chi connectivity index (χ0) is 18.5. The Morgan fingerprint density at radius 3 is 2.48 bits per heavy atom. The smallest absolute Gasteiger partial charge is 0.144 e. The molecule has 2 heterocycles. The van der Waals surface area contributed by atoms with Gasteiger partial charge in [0.2, 0.25) is 0 Å². The maximum atomic E-state index is 5.45. The zero-order valence-electron chi connectivity index (χ0n) is 15.9. The molecule has 0 N–H and O–H groups in total. The van der Waals surface area contributed by atoms with Crippen LogP contribution in [0, 0.1) is 5.92 Å². The Kier molecular flexibility index (Phi) is 5.54. The highest BCUT2D eigenvalue weighted by Gasteiger charge is 2.20. The Labute approximate surface area is 161 Å². The molecule has 1 fully saturated rings. The topological polar surface area (TPSA) is 30.3 Å². The van der Waals surface area contributed by atoms with Crippen LogP contribution in [0.15, 0.2) is 67.0 Å². The van der Waals surface area contributed by atoms with Crippen molar-refractivity contribution >= 4 is 0 Å². The van der Waals surface area contributed by atoms with Gasteiger partial charge in [-0.25, -0.2) is 4.68 Å². The number of nitrogens with zero attached hydrogens (tertiary/aromatic N) is 3. The van der Waals surface area contributed by atoms with Gasteiger partial charge < -0.3 is 4.74 Å². The van der Waals surface area contributed by atoms with E-state index >= 15 is 0 Å². The van der Waals surface area contributed by atoms with Crippen molar-refractivity contribution in [2.75, 3.05) is 20.2 Å². The van der Waals surface area contributed by atoms with Gasteiger partial charge in [-0.3, -0.25) is 4.90 Å². The van der Waals surface area contributed by atoms with Crippen molar-refractivity contribution in [3.8, 4) is 11.4 Å². The van der Waals surface area contributed by atoms with Crippen LogP contribution in [0.3, 0.4) is 0 Å². The van der Waals surface area contributed by atoms with Crippen LogP contribution in [0.4, 0.5) is 0 Å². The molecule has 0 aliphatic carbocycles. The lowest BCUT2D eigenvalue weighted by Gasteiger charge is -2.31. The van der Waals surface area contributed by atoms with E-state index in [1.54, 1.807) is 7.11 Å². The van der Waals surface area contributed by atoms with Crippen LogP contribution >= 0.6 is 0 Å². The Morgan fingerprint density at radius 1 is 0.963 bits per heavy atom. The molecule has 1 saturated heterocycles. The zero-order valence-corrected chi connectivity index (χ0v) is 15.9. The third-order valence-electron chi connectivity index (χ3n) is 5.45. The van der Waals surface area contributed by atoms with E-state index in [1.807, 2.05) is 35.1 Å². The fraction of sp³-hybridized carbons (Fsp3) is 0.348. The summed E-state index contributed by atoms with van der Waals surface area (Å²) < 4.78 is 7.36. The van der Waals surface area contributed by atoms with Gasteiger partial charge in [-0.1, -0.05) is 42.5 Å². The highest BCUT2D eigenvalue weighted by atomic mass is 16.5. The first-order valence-electron chi connectivity index (χ1n) is 9.75. The van der Waals surface area contributed by atoms with E-state index in [0.717, 1.165) is 37.0 Å². The molecule has 0 spiro atoms. The van der Waals surface area contributed by atoms with Crippen molar-refractivity contribution in [3.05, 3.63) is 78.1 Å². The number of hydrogen-bond acceptors (Lipinski definition) is 3. The van der Waals surface area contributed by atoms with Crippen molar-refractivity contribution in [2.24, 2.45) is 5.92 Å². The summed E-state index contributed by atoms with van der Waals surface area (Å²) in [6, 6.07) is 18.9. The van der Waals surface area contributed by atoms with Crippen LogP contribution < -0.4 is 4.74 Å². The van der Waals surface area contributed by atoms with Gasteiger partial charge >= 0.3 is 0 Å². The van der Waals surface area contributed by atoms with E-state index < -0.39 is 0 Å². The Hall–Kier alpha value is -2.59. The van der Waals surface area contributed by atoms with Gasteiger partial charge in [0.25, 0.3) is 0 Å². The predicted octanol–water partition coefficient (Wildman–Crippen LogP) is 4.34. The number of benzene rings is 2. The van der Waals surface area contributed by atoms with Gasteiger partial charge in [-0.2, -0.15) is 5.10 Å². The largest absolute Gasteiger partial charge is 0.494 e. The second-order valence-electron chi connectivity index (χ2n) is 7.37. The molecule has 0 radical (unpaired) electrons. The molecular formula is C23H27N3O. The molecule has 0 unspecified atom stereocenters. The molecule has 27 heavy (non-hydrogen) atoms. The normalized spacial score (nSPS) is 15.7. The minimum Gasteiger partial charge on any atom is -0.494 e. The first-order chi connectivity index (χ1) is 13.3. The third kappa shape index (κ3) is 4.40. The second-order valence-corrected chi connectivity index (χ2v) is 7.37. The van der Waals surface area contributed by atoms with Crippen LogP contribution in [0.25, 0.3) is 5.69 Å². The molecule has 4 nitrogen and oxygen atoms in total. The second kappa shape index (κ2) is 8.40. The number of aromatic nitrogens is 2. The Balaban J connectivity index is 1.33. The summed E-state index contributed by atoms with van der Waals surface area (Å²) in [5.41, 5.74) is 3.70. The van der Waals surface area contributed by atoms with E-state index in [2.05, 4.69) is 46.5 Å². The number of piperidine rings is 1. The molecule has 4 rings (SSSR count). The summed E-state index contributed by atoms with van der Waals surface area (Å²) in [7, 11) is 1.70. The molecule has 0 atom stereocenters. The molecule has 0 bridgehead atoms. The average Bonchev–Trinajstić information content (AvgIpc) is 3.18. The summed E-state index contributed by atoms with van der Waals surface area (Å²) in [5, 5.41) is 4.54. The van der Waals surface area contributed by atoms with E-state index in [0.29, 0.717) is 0 Å². The summed E-state index contributed by atoms with van der Waals surface area (Å²) >= 11 is 0. The standard InChI is InChI=1S/C23H27N3O/c1-27-23-10-6-5-9-22(23)26-18-21(16-24-26)17-25-13-11-20(12-14-25)15-19-7-3-2-4-8-19/h2-10,16,18,20H,11-15,17H2,1H3. The number of methoxy groups -OCH3 is 1. The maximum absolute atomic E-state index is 5.45. The summed E-state index contributed by atoms with van der Waals surface area (Å²) in [5.74, 6) is 1.65. The molecule has 4 heteroatoms. The van der Waals surface area contributed by atoms with E-state index in [9.17, 15) is 0 Å². The van der Waals surface area contributed by atoms with Crippen LogP contribution in [-0.4, -0.2) is 34.9 Å². The fourth-order valence-corrected chi connectivity index (χ4v) is 3.95. The Bertz CT molecular complexity index is 851. The molecule has 3 aromatic rings. The summed E-state index contributed by atoms with van der Waals surface area (Å²) in [6.07, 6.45) is 7.85. The molecule has 140 valence electrons. The number of rotatable bonds is 6. The first-order valence-corrected chi connectivity index (χ1v) is 9.75. The van der Waals surface area contributed by atoms with Gasteiger partial charge in [-0.15, -0.1) is 0 Å². The van der Waals surface area contributed by atoms with Gasteiger partial charge in [0, 0.05) is 18.3 Å². The van der Waals surface area contributed by atoms with Crippen molar-refractivity contribution in [1.82, 2.24) is 14.7 Å². The summed E-state index contributed by atoms with van der Waals surface area (Å²) in [4.78, 5) is 2.55. The molecule has 1 aliphatic rings. The highest BCUT2D eigenvalue weighted by molar-refractivity contribution is 5.46. The van der Waals surface area contributed by atoms with Gasteiger partial charge in [-0.05, 0) is 56.0 Å². The summed E-state index contributed by atoms with van der Waals surface area (Å²) in [6.45, 7) is 3.29.